The molecule has 0 radical (unpaired) electrons. The maximum absolute atomic E-state index is 11.6. The largest absolute Gasteiger partial charge is 0.451 e. The summed E-state index contributed by atoms with van der Waals surface area (Å²) in [7, 11) is 0. The van der Waals surface area contributed by atoms with Crippen molar-refractivity contribution in [1.82, 2.24) is 9.78 Å². The van der Waals surface area contributed by atoms with Crippen LogP contribution in [0, 0.1) is 12.8 Å². The molecule has 4 nitrogen and oxygen atoms in total. The van der Waals surface area contributed by atoms with E-state index in [0.29, 0.717) is 6.54 Å². The molecule has 0 spiro atoms. The second kappa shape index (κ2) is 4.23. The Morgan fingerprint density at radius 1 is 1.32 bits per heavy atom. The average molecular weight is 256 g/mol. The van der Waals surface area contributed by atoms with E-state index in [4.69, 9.17) is 4.74 Å². The molecule has 1 aliphatic heterocycles. The molecule has 19 heavy (non-hydrogen) atoms. The number of benzene rings is 1. The lowest BCUT2D eigenvalue weighted by Gasteiger charge is -2.46. The number of carbonyl (C=O) groups is 1. The van der Waals surface area contributed by atoms with Crippen LogP contribution in [-0.4, -0.2) is 15.7 Å². The zero-order valence-corrected chi connectivity index (χ0v) is 11.0. The van der Waals surface area contributed by atoms with Crippen molar-refractivity contribution in [3.05, 3.63) is 53.9 Å². The molecule has 2 atom stereocenters. The van der Waals surface area contributed by atoms with Gasteiger partial charge in [0.15, 0.2) is 5.60 Å². The first-order chi connectivity index (χ1) is 9.13. The minimum atomic E-state index is -0.588. The fraction of sp³-hybridized carbons (Fsp3) is 0.333. The highest BCUT2D eigenvalue weighted by Gasteiger charge is 2.55. The van der Waals surface area contributed by atoms with Crippen molar-refractivity contribution >= 4 is 5.97 Å². The Morgan fingerprint density at radius 2 is 2.05 bits per heavy atom. The van der Waals surface area contributed by atoms with Crippen LogP contribution in [0.4, 0.5) is 0 Å². The number of carbonyl (C=O) groups excluding carboxylic acids is 1. The molecular formula is C15H16N2O2. The monoisotopic (exact) mass is 256 g/mol. The molecule has 0 aliphatic carbocycles. The van der Waals surface area contributed by atoms with Crippen LogP contribution in [0.25, 0.3) is 0 Å². The fourth-order valence-corrected chi connectivity index (χ4v) is 2.57. The number of hydrogen-bond acceptors (Lipinski definition) is 3. The molecule has 3 rings (SSSR count). The van der Waals surface area contributed by atoms with Gasteiger partial charge in [0.2, 0.25) is 0 Å². The molecular weight excluding hydrogens is 240 g/mol. The van der Waals surface area contributed by atoms with Crippen LogP contribution < -0.4 is 0 Å². The highest BCUT2D eigenvalue weighted by atomic mass is 16.6. The van der Waals surface area contributed by atoms with E-state index >= 15 is 0 Å². The van der Waals surface area contributed by atoms with Gasteiger partial charge in [-0.05, 0) is 25.5 Å². The lowest BCUT2D eigenvalue weighted by Crippen LogP contribution is -2.56. The third kappa shape index (κ3) is 1.75. The van der Waals surface area contributed by atoms with Crippen LogP contribution in [0.3, 0.4) is 0 Å². The highest BCUT2D eigenvalue weighted by Crippen LogP contribution is 2.44. The minimum Gasteiger partial charge on any atom is -0.451 e. The summed E-state index contributed by atoms with van der Waals surface area (Å²) in [6.45, 7) is 4.47. The number of aryl methyl sites for hydroxylation is 1. The van der Waals surface area contributed by atoms with Gasteiger partial charge in [0, 0.05) is 11.9 Å². The summed E-state index contributed by atoms with van der Waals surface area (Å²) < 4.78 is 7.44. The number of esters is 1. The first kappa shape index (κ1) is 12.0. The summed E-state index contributed by atoms with van der Waals surface area (Å²) in [4.78, 5) is 11.6. The maximum Gasteiger partial charge on any atom is 0.314 e. The van der Waals surface area contributed by atoms with Crippen molar-refractivity contribution < 1.29 is 9.53 Å². The Bertz CT molecular complexity index is 606. The number of nitrogens with zero attached hydrogens (tertiary/aromatic N) is 2. The molecule has 1 aromatic heterocycles. The fourth-order valence-electron chi connectivity index (χ4n) is 2.57. The Labute approximate surface area is 112 Å². The molecule has 0 N–H and O–H groups in total. The summed E-state index contributed by atoms with van der Waals surface area (Å²) in [5, 5.41) is 4.29. The molecule has 0 unspecified atom stereocenters. The van der Waals surface area contributed by atoms with Gasteiger partial charge in [0.25, 0.3) is 0 Å². The van der Waals surface area contributed by atoms with E-state index < -0.39 is 5.60 Å². The van der Waals surface area contributed by atoms with E-state index in [1.165, 1.54) is 0 Å². The van der Waals surface area contributed by atoms with Gasteiger partial charge in [0.05, 0.1) is 6.54 Å². The normalized spacial score (nSPS) is 25.8. The Kier molecular flexibility index (Phi) is 2.66. The van der Waals surface area contributed by atoms with Gasteiger partial charge in [-0.1, -0.05) is 30.3 Å². The van der Waals surface area contributed by atoms with Crippen molar-refractivity contribution in [2.45, 2.75) is 26.0 Å². The van der Waals surface area contributed by atoms with E-state index in [0.717, 1.165) is 11.3 Å². The number of aromatic nitrogens is 2. The molecule has 2 heterocycles. The van der Waals surface area contributed by atoms with E-state index in [1.807, 2.05) is 54.9 Å². The van der Waals surface area contributed by atoms with Crippen molar-refractivity contribution in [2.75, 3.05) is 0 Å². The van der Waals surface area contributed by atoms with Gasteiger partial charge in [-0.3, -0.25) is 9.48 Å². The maximum atomic E-state index is 11.6. The second-order valence-electron chi connectivity index (χ2n) is 5.03. The van der Waals surface area contributed by atoms with Crippen LogP contribution in [0.5, 0.6) is 0 Å². The van der Waals surface area contributed by atoms with Crippen molar-refractivity contribution in [3.63, 3.8) is 0 Å². The van der Waals surface area contributed by atoms with Gasteiger partial charge in [-0.15, -0.1) is 0 Å². The van der Waals surface area contributed by atoms with E-state index in [1.54, 1.807) is 6.20 Å². The van der Waals surface area contributed by atoms with E-state index in [-0.39, 0.29) is 11.9 Å². The molecule has 1 aromatic carbocycles. The second-order valence-corrected chi connectivity index (χ2v) is 5.03. The Balaban J connectivity index is 2.00. The standard InChI is InChI=1S/C15H16N2O2/c1-11-8-9-16-17(11)10-15(12(2)14(18)19-15)13-6-4-3-5-7-13/h3-9,12H,10H2,1-2H3/t12-,15-/m0/s1. The molecule has 0 saturated carbocycles. The highest BCUT2D eigenvalue weighted by molar-refractivity contribution is 5.80. The predicted octanol–water partition coefficient (Wildman–Crippen LogP) is 2.28. The first-order valence-corrected chi connectivity index (χ1v) is 6.40. The Morgan fingerprint density at radius 3 is 2.58 bits per heavy atom. The van der Waals surface area contributed by atoms with Gasteiger partial charge < -0.3 is 4.74 Å². The SMILES string of the molecule is Cc1ccnn1C[C@]1(c2ccccc2)OC(=O)[C@@H]1C. The van der Waals surface area contributed by atoms with Crippen LogP contribution in [-0.2, 0) is 21.7 Å². The third-order valence-corrected chi connectivity index (χ3v) is 3.91. The third-order valence-electron chi connectivity index (χ3n) is 3.91. The quantitative estimate of drug-likeness (QED) is 0.791. The zero-order chi connectivity index (χ0) is 13.5. The van der Waals surface area contributed by atoms with Gasteiger partial charge >= 0.3 is 5.97 Å². The van der Waals surface area contributed by atoms with E-state index in [2.05, 4.69) is 5.10 Å². The van der Waals surface area contributed by atoms with Crippen LogP contribution in [0.2, 0.25) is 0 Å². The Hall–Kier alpha value is -2.10. The van der Waals surface area contributed by atoms with Crippen molar-refractivity contribution in [3.8, 4) is 0 Å². The lowest BCUT2D eigenvalue weighted by atomic mass is 9.77. The molecule has 1 saturated heterocycles. The number of rotatable bonds is 3. The number of cyclic esters (lactones) is 1. The summed E-state index contributed by atoms with van der Waals surface area (Å²) in [6, 6.07) is 11.8. The first-order valence-electron chi connectivity index (χ1n) is 6.40. The van der Waals surface area contributed by atoms with Crippen LogP contribution in [0.1, 0.15) is 18.2 Å². The molecule has 0 amide bonds. The summed E-state index contributed by atoms with van der Waals surface area (Å²) in [5.41, 5.74) is 1.50. The summed E-state index contributed by atoms with van der Waals surface area (Å²) >= 11 is 0. The zero-order valence-electron chi connectivity index (χ0n) is 11.0. The minimum absolute atomic E-state index is 0.145. The van der Waals surface area contributed by atoms with Crippen molar-refractivity contribution in [2.24, 2.45) is 5.92 Å². The molecule has 4 heteroatoms. The number of hydrogen-bond donors (Lipinski definition) is 0. The molecule has 0 bridgehead atoms. The molecule has 2 aromatic rings. The van der Waals surface area contributed by atoms with Crippen molar-refractivity contribution in [1.29, 1.82) is 0 Å². The summed E-state index contributed by atoms with van der Waals surface area (Å²) in [6.07, 6.45) is 1.76. The average Bonchev–Trinajstić information content (AvgIpc) is 2.84. The van der Waals surface area contributed by atoms with Crippen LogP contribution >= 0.6 is 0 Å². The molecule has 1 fully saturated rings. The van der Waals surface area contributed by atoms with Gasteiger partial charge in [-0.25, -0.2) is 0 Å². The van der Waals surface area contributed by atoms with Gasteiger partial charge in [-0.2, -0.15) is 5.10 Å². The summed E-state index contributed by atoms with van der Waals surface area (Å²) in [5.74, 6) is -0.299. The smallest absolute Gasteiger partial charge is 0.314 e. The number of ether oxygens (including phenoxy) is 1. The van der Waals surface area contributed by atoms with E-state index in [9.17, 15) is 4.79 Å². The van der Waals surface area contributed by atoms with Crippen LogP contribution in [0.15, 0.2) is 42.6 Å². The molecule has 98 valence electrons. The lowest BCUT2D eigenvalue weighted by molar-refractivity contribution is -0.218. The molecule has 1 aliphatic rings. The predicted molar refractivity (Wildman–Crippen MR) is 70.3 cm³/mol. The topological polar surface area (TPSA) is 44.1 Å². The van der Waals surface area contributed by atoms with Gasteiger partial charge in [0.1, 0.15) is 5.92 Å².